The van der Waals surface area contributed by atoms with Crippen molar-refractivity contribution in [3.8, 4) is 0 Å². The molecule has 0 bridgehead atoms. The minimum absolute atomic E-state index is 0.00332. The van der Waals surface area contributed by atoms with Crippen molar-refractivity contribution in [2.75, 3.05) is 13.7 Å². The van der Waals surface area contributed by atoms with Gasteiger partial charge in [0.05, 0.1) is 24.9 Å². The summed E-state index contributed by atoms with van der Waals surface area (Å²) >= 11 is 0. The van der Waals surface area contributed by atoms with E-state index >= 15 is 0 Å². The second-order valence-electron chi connectivity index (χ2n) is 10.0. The molecule has 1 aromatic heterocycles. The predicted molar refractivity (Wildman–Crippen MR) is 122 cm³/mol. The summed E-state index contributed by atoms with van der Waals surface area (Å²) in [5.41, 5.74) is 0.852. The first-order chi connectivity index (χ1) is 15.3. The molecule has 7 heteroatoms. The van der Waals surface area contributed by atoms with Crippen LogP contribution in [0.4, 0.5) is 0 Å². The molecule has 0 radical (unpaired) electrons. The number of fused-ring (bicyclic) bond motifs is 1. The first kappa shape index (κ1) is 24.6. The highest BCUT2D eigenvalue weighted by Gasteiger charge is 2.53. The van der Waals surface area contributed by atoms with Crippen LogP contribution >= 0.6 is 0 Å². The van der Waals surface area contributed by atoms with Gasteiger partial charge in [0.25, 0.3) is 0 Å². The fourth-order valence-corrected chi connectivity index (χ4v) is 6.01. The molecule has 2 saturated carbocycles. The minimum Gasteiger partial charge on any atom is -0.392 e. The van der Waals surface area contributed by atoms with Crippen LogP contribution in [0.3, 0.4) is 0 Å². The SMILES string of the molecule is COCCC(=O)N[C@H]1CC[C@]2(C)CCC([C@H](C)C(=O)NCc3ccccn3)[C@H](O)[C@H]2[C@@H]1C. The number of ether oxygens (including phenoxy) is 1. The molecule has 7 nitrogen and oxygen atoms in total. The minimum atomic E-state index is -0.571. The Bertz CT molecular complexity index is 774. The number of hydrogen-bond donors (Lipinski definition) is 3. The molecule has 3 rings (SSSR count). The van der Waals surface area contributed by atoms with Crippen molar-refractivity contribution in [2.45, 2.75) is 71.6 Å². The van der Waals surface area contributed by atoms with Gasteiger partial charge < -0.3 is 20.5 Å². The Morgan fingerprint density at radius 2 is 2.06 bits per heavy atom. The fourth-order valence-electron chi connectivity index (χ4n) is 6.01. The molecule has 0 saturated heterocycles. The molecule has 0 aromatic carbocycles. The van der Waals surface area contributed by atoms with Gasteiger partial charge >= 0.3 is 0 Å². The first-order valence-corrected chi connectivity index (χ1v) is 11.9. The van der Waals surface area contributed by atoms with Gasteiger partial charge in [-0.2, -0.15) is 0 Å². The number of nitrogens with zero attached hydrogens (tertiary/aromatic N) is 1. The van der Waals surface area contributed by atoms with E-state index in [1.165, 1.54) is 0 Å². The summed E-state index contributed by atoms with van der Waals surface area (Å²) in [6, 6.07) is 5.68. The lowest BCUT2D eigenvalue weighted by Gasteiger charge is -2.56. The zero-order valence-corrected chi connectivity index (χ0v) is 19.8. The number of aliphatic hydroxyl groups is 1. The Morgan fingerprint density at radius 3 is 2.75 bits per heavy atom. The van der Waals surface area contributed by atoms with Gasteiger partial charge in [0.15, 0.2) is 0 Å². The summed E-state index contributed by atoms with van der Waals surface area (Å²) in [4.78, 5) is 29.4. The topological polar surface area (TPSA) is 101 Å². The van der Waals surface area contributed by atoms with Crippen LogP contribution < -0.4 is 10.6 Å². The highest BCUT2D eigenvalue weighted by molar-refractivity contribution is 5.78. The average molecular weight is 446 g/mol. The van der Waals surface area contributed by atoms with Crippen molar-refractivity contribution in [3.05, 3.63) is 30.1 Å². The van der Waals surface area contributed by atoms with Gasteiger partial charge in [-0.25, -0.2) is 0 Å². The van der Waals surface area contributed by atoms with Crippen LogP contribution in [0.5, 0.6) is 0 Å². The summed E-state index contributed by atoms with van der Waals surface area (Å²) in [5, 5.41) is 17.6. The third kappa shape index (κ3) is 5.49. The van der Waals surface area contributed by atoms with Gasteiger partial charge in [-0.05, 0) is 61.0 Å². The van der Waals surface area contributed by atoms with Gasteiger partial charge in [-0.1, -0.05) is 26.8 Å². The molecule has 7 atom stereocenters. The van der Waals surface area contributed by atoms with Gasteiger partial charge in [-0.3, -0.25) is 14.6 Å². The summed E-state index contributed by atoms with van der Waals surface area (Å²) in [6.45, 7) is 7.12. The van der Waals surface area contributed by atoms with Gasteiger partial charge in [0.1, 0.15) is 0 Å². The van der Waals surface area contributed by atoms with Crippen LogP contribution in [0.25, 0.3) is 0 Å². The van der Waals surface area contributed by atoms with Crippen molar-refractivity contribution in [3.63, 3.8) is 0 Å². The Balaban J connectivity index is 1.64. The maximum absolute atomic E-state index is 12.9. The van der Waals surface area contributed by atoms with E-state index in [-0.39, 0.29) is 46.9 Å². The smallest absolute Gasteiger partial charge is 0.223 e. The maximum atomic E-state index is 12.9. The maximum Gasteiger partial charge on any atom is 0.223 e. The second kappa shape index (κ2) is 10.8. The first-order valence-electron chi connectivity index (χ1n) is 11.9. The second-order valence-corrected chi connectivity index (χ2v) is 10.0. The van der Waals surface area contributed by atoms with Crippen LogP contribution in [0, 0.1) is 29.1 Å². The number of carbonyl (C=O) groups is 2. The van der Waals surface area contributed by atoms with Crippen molar-refractivity contribution < 1.29 is 19.4 Å². The fraction of sp³-hybridized carbons (Fsp3) is 0.720. The highest BCUT2D eigenvalue weighted by atomic mass is 16.5. The molecular formula is C25H39N3O4. The molecule has 178 valence electrons. The Hall–Kier alpha value is -1.99. The number of methoxy groups -OCH3 is 1. The zero-order chi connectivity index (χ0) is 23.3. The van der Waals surface area contributed by atoms with Gasteiger partial charge in [0.2, 0.25) is 11.8 Å². The summed E-state index contributed by atoms with van der Waals surface area (Å²) < 4.78 is 5.02. The Morgan fingerprint density at radius 1 is 1.31 bits per heavy atom. The molecule has 2 aliphatic carbocycles. The molecule has 1 unspecified atom stereocenters. The average Bonchev–Trinajstić information content (AvgIpc) is 2.78. The molecule has 32 heavy (non-hydrogen) atoms. The van der Waals surface area contributed by atoms with Gasteiger partial charge in [0, 0.05) is 31.7 Å². The third-order valence-corrected chi connectivity index (χ3v) is 7.99. The zero-order valence-electron chi connectivity index (χ0n) is 19.8. The largest absolute Gasteiger partial charge is 0.392 e. The van der Waals surface area contributed by atoms with Crippen molar-refractivity contribution >= 4 is 11.8 Å². The molecule has 0 spiro atoms. The number of aliphatic hydroxyl groups excluding tert-OH is 1. The van der Waals surface area contributed by atoms with E-state index in [1.54, 1.807) is 13.3 Å². The van der Waals surface area contributed by atoms with E-state index in [2.05, 4.69) is 29.5 Å². The summed E-state index contributed by atoms with van der Waals surface area (Å²) in [7, 11) is 1.59. The highest BCUT2D eigenvalue weighted by Crippen LogP contribution is 2.55. The normalized spacial score (nSPS) is 33.1. The number of amides is 2. The number of nitrogens with one attached hydrogen (secondary N) is 2. The molecule has 2 aliphatic rings. The monoisotopic (exact) mass is 445 g/mol. The van der Waals surface area contributed by atoms with E-state index in [0.717, 1.165) is 31.4 Å². The Labute approximate surface area is 191 Å². The molecule has 3 N–H and O–H groups in total. The van der Waals surface area contributed by atoms with Crippen LogP contribution in [0.1, 0.15) is 58.6 Å². The van der Waals surface area contributed by atoms with E-state index in [1.807, 2.05) is 25.1 Å². The van der Waals surface area contributed by atoms with E-state index < -0.39 is 6.10 Å². The molecule has 1 heterocycles. The lowest BCUT2D eigenvalue weighted by atomic mass is 9.51. The lowest BCUT2D eigenvalue weighted by molar-refractivity contribution is -0.144. The molecule has 0 aliphatic heterocycles. The van der Waals surface area contributed by atoms with Crippen molar-refractivity contribution in [1.29, 1.82) is 0 Å². The van der Waals surface area contributed by atoms with Crippen LogP contribution in [0.15, 0.2) is 24.4 Å². The number of aromatic nitrogens is 1. The molecule has 1 aromatic rings. The number of rotatable bonds is 8. The summed E-state index contributed by atoms with van der Waals surface area (Å²) in [5.74, 6) is -0.243. The van der Waals surface area contributed by atoms with E-state index in [9.17, 15) is 14.7 Å². The molecule has 2 fully saturated rings. The van der Waals surface area contributed by atoms with E-state index in [0.29, 0.717) is 19.6 Å². The standard InChI is InChI=1S/C25H39N3O4/c1-16(24(31)27-15-18-7-5-6-13-26-18)19-8-11-25(3)12-9-20(17(2)22(25)23(19)30)28-21(29)10-14-32-4/h5-7,13,16-17,19-20,22-23,30H,8-12,14-15H2,1-4H3,(H,27,31)(H,28,29)/t16-,17+,19?,20-,22+,23-,25-/m0/s1. The van der Waals surface area contributed by atoms with Crippen LogP contribution in [0.2, 0.25) is 0 Å². The van der Waals surface area contributed by atoms with Crippen molar-refractivity contribution in [2.24, 2.45) is 29.1 Å². The van der Waals surface area contributed by atoms with Crippen LogP contribution in [-0.2, 0) is 20.9 Å². The van der Waals surface area contributed by atoms with Crippen LogP contribution in [-0.4, -0.2) is 47.8 Å². The number of carbonyl (C=O) groups excluding carboxylic acids is 2. The predicted octanol–water partition coefficient (Wildman–Crippen LogP) is 2.68. The lowest BCUT2D eigenvalue weighted by Crippen LogP contribution is -2.58. The third-order valence-electron chi connectivity index (χ3n) is 7.99. The van der Waals surface area contributed by atoms with Gasteiger partial charge in [-0.15, -0.1) is 0 Å². The summed E-state index contributed by atoms with van der Waals surface area (Å²) in [6.07, 6.45) is 5.21. The number of hydrogen-bond acceptors (Lipinski definition) is 5. The number of pyridine rings is 1. The van der Waals surface area contributed by atoms with Crippen molar-refractivity contribution in [1.82, 2.24) is 15.6 Å². The quantitative estimate of drug-likeness (QED) is 0.571. The molecule has 2 amide bonds. The molecular weight excluding hydrogens is 406 g/mol. The Kier molecular flexibility index (Phi) is 8.28. The van der Waals surface area contributed by atoms with E-state index in [4.69, 9.17) is 4.74 Å².